The lowest BCUT2D eigenvalue weighted by Crippen LogP contribution is -1.85. The van der Waals surface area contributed by atoms with E-state index in [-0.39, 0.29) is 0 Å². The highest BCUT2D eigenvalue weighted by atomic mass is 32.1. The lowest BCUT2D eigenvalue weighted by molar-refractivity contribution is 1.26. The molecule has 2 heterocycles. The maximum atomic E-state index is 5.79. The van der Waals surface area contributed by atoms with Crippen LogP contribution in [0.5, 0.6) is 0 Å². The van der Waals surface area contributed by atoms with Gasteiger partial charge in [0.2, 0.25) is 0 Å². The Labute approximate surface area is 118 Å². The summed E-state index contributed by atoms with van der Waals surface area (Å²) in [6, 6.07) is 7.73. The Bertz CT molecular complexity index is 730. The first-order valence-electron chi connectivity index (χ1n) is 5.68. The van der Waals surface area contributed by atoms with E-state index in [1.807, 2.05) is 36.6 Å². The molecule has 2 aromatic heterocycles. The van der Waals surface area contributed by atoms with E-state index in [4.69, 9.17) is 11.5 Å². The molecule has 3 aromatic rings. The second-order valence-electron chi connectivity index (χ2n) is 4.13. The molecule has 3 rings (SSSR count). The number of nitrogens with zero attached hydrogens (tertiary/aromatic N) is 2. The number of nitrogen functional groups attached to an aromatic ring is 2. The molecule has 0 saturated carbocycles. The van der Waals surface area contributed by atoms with Crippen molar-refractivity contribution in [2.75, 3.05) is 11.5 Å². The quantitative estimate of drug-likeness (QED) is 0.708. The highest BCUT2D eigenvalue weighted by Gasteiger charge is 2.12. The number of hydrogen-bond acceptors (Lipinski definition) is 6. The van der Waals surface area contributed by atoms with Gasteiger partial charge in [0, 0.05) is 16.6 Å². The minimum atomic E-state index is 0.575. The van der Waals surface area contributed by atoms with Crippen LogP contribution in [0.2, 0.25) is 0 Å². The lowest BCUT2D eigenvalue weighted by atomic mass is 10.2. The third-order valence-corrected chi connectivity index (χ3v) is 4.58. The van der Waals surface area contributed by atoms with Crippen LogP contribution in [0.1, 0.15) is 5.69 Å². The van der Waals surface area contributed by atoms with E-state index in [9.17, 15) is 0 Å². The molecule has 0 amide bonds. The van der Waals surface area contributed by atoms with Crippen molar-refractivity contribution < 1.29 is 0 Å². The highest BCUT2D eigenvalue weighted by molar-refractivity contribution is 7.19. The summed E-state index contributed by atoms with van der Waals surface area (Å²) in [5, 5.41) is 3.55. The van der Waals surface area contributed by atoms with E-state index in [0.717, 1.165) is 32.5 Å². The molecule has 0 bridgehead atoms. The van der Waals surface area contributed by atoms with Gasteiger partial charge in [0.15, 0.2) is 5.13 Å². The fraction of sp³-hybridized carbons (Fsp3) is 0.0769. The van der Waals surface area contributed by atoms with Gasteiger partial charge in [0.25, 0.3) is 0 Å². The van der Waals surface area contributed by atoms with Gasteiger partial charge >= 0.3 is 0 Å². The molecular weight excluding hydrogens is 276 g/mol. The van der Waals surface area contributed by atoms with E-state index in [2.05, 4.69) is 9.97 Å². The molecule has 0 unspecified atom stereocenters. The Morgan fingerprint density at radius 1 is 1.16 bits per heavy atom. The third-order valence-electron chi connectivity index (χ3n) is 2.68. The van der Waals surface area contributed by atoms with Crippen LogP contribution in [0.4, 0.5) is 10.8 Å². The Balaban J connectivity index is 2.02. The Morgan fingerprint density at radius 3 is 2.68 bits per heavy atom. The second kappa shape index (κ2) is 4.64. The molecule has 0 aliphatic rings. The summed E-state index contributed by atoms with van der Waals surface area (Å²) in [7, 11) is 0. The third kappa shape index (κ3) is 2.32. The van der Waals surface area contributed by atoms with E-state index < -0.39 is 0 Å². The first kappa shape index (κ1) is 12.1. The van der Waals surface area contributed by atoms with Gasteiger partial charge in [0.1, 0.15) is 5.01 Å². The Hall–Kier alpha value is -1.92. The maximum Gasteiger partial charge on any atom is 0.180 e. The van der Waals surface area contributed by atoms with E-state index in [1.54, 1.807) is 11.3 Å². The fourth-order valence-corrected chi connectivity index (χ4v) is 3.51. The average Bonchev–Trinajstić information content (AvgIpc) is 2.96. The molecule has 0 aliphatic carbocycles. The summed E-state index contributed by atoms with van der Waals surface area (Å²) < 4.78 is 0. The zero-order valence-electron chi connectivity index (χ0n) is 10.3. The van der Waals surface area contributed by atoms with Crippen molar-refractivity contribution in [3.05, 3.63) is 35.3 Å². The number of anilines is 2. The van der Waals surface area contributed by atoms with Gasteiger partial charge in [-0.25, -0.2) is 9.97 Å². The van der Waals surface area contributed by atoms with Crippen molar-refractivity contribution in [2.45, 2.75) is 6.92 Å². The number of rotatable bonds is 2. The average molecular weight is 288 g/mol. The lowest BCUT2D eigenvalue weighted by Gasteiger charge is -1.97. The standard InChI is InChI=1S/C13H12N4S2/c1-7-11(19-13(15)16-7)10-6-18-12(17-10)8-3-2-4-9(14)5-8/h2-6H,14H2,1H3,(H2,15,16). The van der Waals surface area contributed by atoms with Crippen LogP contribution in [0, 0.1) is 6.92 Å². The second-order valence-corrected chi connectivity index (χ2v) is 6.02. The predicted molar refractivity (Wildman–Crippen MR) is 82.2 cm³/mol. The van der Waals surface area contributed by atoms with Gasteiger partial charge in [-0.2, -0.15) is 0 Å². The molecule has 4 N–H and O–H groups in total. The molecule has 0 spiro atoms. The Kier molecular flexibility index (Phi) is 2.96. The fourth-order valence-electron chi connectivity index (χ4n) is 1.84. The van der Waals surface area contributed by atoms with Crippen LogP contribution < -0.4 is 11.5 Å². The minimum Gasteiger partial charge on any atom is -0.399 e. The molecule has 0 aliphatic heterocycles. The van der Waals surface area contributed by atoms with Gasteiger partial charge in [-0.15, -0.1) is 11.3 Å². The molecule has 0 saturated heterocycles. The van der Waals surface area contributed by atoms with Crippen molar-refractivity contribution >= 4 is 33.5 Å². The molecule has 0 fully saturated rings. The Morgan fingerprint density at radius 2 is 2.00 bits per heavy atom. The number of hydrogen-bond donors (Lipinski definition) is 2. The largest absolute Gasteiger partial charge is 0.399 e. The first-order chi connectivity index (χ1) is 9.13. The summed E-state index contributed by atoms with van der Waals surface area (Å²) in [5.41, 5.74) is 15.1. The normalized spacial score (nSPS) is 10.8. The molecule has 6 heteroatoms. The first-order valence-corrected chi connectivity index (χ1v) is 7.38. The monoisotopic (exact) mass is 288 g/mol. The van der Waals surface area contributed by atoms with Crippen LogP contribution in [-0.4, -0.2) is 9.97 Å². The molecule has 19 heavy (non-hydrogen) atoms. The van der Waals surface area contributed by atoms with Crippen LogP contribution in [0.15, 0.2) is 29.6 Å². The van der Waals surface area contributed by atoms with Crippen molar-refractivity contribution in [2.24, 2.45) is 0 Å². The predicted octanol–water partition coefficient (Wildman–Crippen LogP) is 3.41. The van der Waals surface area contributed by atoms with Crippen LogP contribution in [0.3, 0.4) is 0 Å². The zero-order chi connectivity index (χ0) is 13.4. The van der Waals surface area contributed by atoms with E-state index in [0.29, 0.717) is 5.13 Å². The van der Waals surface area contributed by atoms with Gasteiger partial charge in [-0.3, -0.25) is 0 Å². The topological polar surface area (TPSA) is 77.8 Å². The highest BCUT2D eigenvalue weighted by Crippen LogP contribution is 2.34. The SMILES string of the molecule is Cc1nc(N)sc1-c1csc(-c2cccc(N)c2)n1. The number of aromatic nitrogens is 2. The van der Waals surface area contributed by atoms with Crippen LogP contribution in [0.25, 0.3) is 21.1 Å². The summed E-state index contributed by atoms with van der Waals surface area (Å²) in [6.45, 7) is 1.95. The molecule has 0 atom stereocenters. The summed E-state index contributed by atoms with van der Waals surface area (Å²) in [4.78, 5) is 9.90. The van der Waals surface area contributed by atoms with Crippen molar-refractivity contribution in [1.29, 1.82) is 0 Å². The van der Waals surface area contributed by atoms with Crippen LogP contribution >= 0.6 is 22.7 Å². The molecule has 1 aromatic carbocycles. The smallest absolute Gasteiger partial charge is 0.180 e. The van der Waals surface area contributed by atoms with Crippen LogP contribution in [-0.2, 0) is 0 Å². The summed E-state index contributed by atoms with van der Waals surface area (Å²) >= 11 is 3.06. The van der Waals surface area contributed by atoms with Gasteiger partial charge in [-0.05, 0) is 19.1 Å². The van der Waals surface area contributed by atoms with Gasteiger partial charge in [-0.1, -0.05) is 23.5 Å². The van der Waals surface area contributed by atoms with Gasteiger partial charge in [0.05, 0.1) is 16.3 Å². The zero-order valence-corrected chi connectivity index (χ0v) is 11.9. The minimum absolute atomic E-state index is 0.575. The van der Waals surface area contributed by atoms with E-state index >= 15 is 0 Å². The van der Waals surface area contributed by atoms with Crippen molar-refractivity contribution in [3.8, 4) is 21.1 Å². The maximum absolute atomic E-state index is 5.79. The number of thiazole rings is 2. The molecule has 0 radical (unpaired) electrons. The number of aryl methyl sites for hydroxylation is 1. The van der Waals surface area contributed by atoms with Gasteiger partial charge < -0.3 is 11.5 Å². The number of benzene rings is 1. The molecule has 96 valence electrons. The molecular formula is C13H12N4S2. The molecule has 4 nitrogen and oxygen atoms in total. The van der Waals surface area contributed by atoms with Crippen molar-refractivity contribution in [1.82, 2.24) is 9.97 Å². The number of nitrogens with two attached hydrogens (primary N) is 2. The summed E-state index contributed by atoms with van der Waals surface area (Å²) in [6.07, 6.45) is 0. The summed E-state index contributed by atoms with van der Waals surface area (Å²) in [5.74, 6) is 0. The van der Waals surface area contributed by atoms with E-state index in [1.165, 1.54) is 11.3 Å². The van der Waals surface area contributed by atoms with Crippen molar-refractivity contribution in [3.63, 3.8) is 0 Å².